The fraction of sp³-hybridized carbons (Fsp3) is 0.600. The van der Waals surface area contributed by atoms with E-state index < -0.39 is 11.1 Å². The second-order valence-corrected chi connectivity index (χ2v) is 9.52. The third-order valence-electron chi connectivity index (χ3n) is 4.84. The van der Waals surface area contributed by atoms with E-state index in [0.717, 1.165) is 11.2 Å². The Balaban J connectivity index is 1.81. The van der Waals surface area contributed by atoms with Gasteiger partial charge in [-0.15, -0.1) is 0 Å². The van der Waals surface area contributed by atoms with Crippen molar-refractivity contribution in [2.75, 3.05) is 29.9 Å². The zero-order valence-electron chi connectivity index (χ0n) is 17.1. The number of aromatic nitrogens is 1. The number of rotatable bonds is 3. The molecule has 8 heteroatoms. The largest absolute Gasteiger partial charge is 0.444 e. The van der Waals surface area contributed by atoms with E-state index in [9.17, 15) is 9.59 Å². The topological polar surface area (TPSA) is 67.9 Å². The fourth-order valence-corrected chi connectivity index (χ4v) is 3.93. The maximum Gasteiger partial charge on any atom is 0.419 e. The number of amides is 1. The van der Waals surface area contributed by atoms with Crippen molar-refractivity contribution in [2.24, 2.45) is 0 Å². The van der Waals surface area contributed by atoms with Crippen molar-refractivity contribution >= 4 is 38.8 Å². The van der Waals surface area contributed by atoms with Gasteiger partial charge in [0.05, 0.1) is 11.1 Å². The predicted octanol–water partition coefficient (Wildman–Crippen LogP) is 3.83. The van der Waals surface area contributed by atoms with Gasteiger partial charge in [-0.05, 0) is 46.8 Å². The molecule has 0 bridgehead atoms. The summed E-state index contributed by atoms with van der Waals surface area (Å²) in [4.78, 5) is 28.6. The molecule has 3 rings (SSSR count). The number of ether oxygens (including phenoxy) is 1. The van der Waals surface area contributed by atoms with Crippen LogP contribution in [0.5, 0.6) is 0 Å². The molecule has 0 atom stereocenters. The zero-order chi connectivity index (χ0) is 20.7. The number of aryl methyl sites for hydroxylation is 1. The lowest BCUT2D eigenvalue weighted by Crippen LogP contribution is -2.61. The molecule has 1 aromatic carbocycles. The summed E-state index contributed by atoms with van der Waals surface area (Å²) in [7, 11) is 0. The van der Waals surface area contributed by atoms with Gasteiger partial charge in [-0.2, -0.15) is 0 Å². The standard InChI is InChI=1S/C20H28BrN3O4/c1-19(2,3)28-18(26)24-11-10-22(13-20(24,4)5)14-6-7-15-16(12-14)27-17(25)23(15)9-8-21/h6-7,12H,8-11,13H2,1-5H3. The Labute approximate surface area is 173 Å². The van der Waals surface area contributed by atoms with Crippen LogP contribution in [0.15, 0.2) is 27.4 Å². The van der Waals surface area contributed by atoms with E-state index in [4.69, 9.17) is 9.15 Å². The second kappa shape index (κ2) is 7.46. The molecule has 1 aliphatic heterocycles. The molecule has 1 amide bonds. The molecular weight excluding hydrogens is 426 g/mol. The maximum atomic E-state index is 12.6. The third kappa shape index (κ3) is 4.21. The van der Waals surface area contributed by atoms with E-state index in [1.165, 1.54) is 0 Å². The first-order valence-corrected chi connectivity index (χ1v) is 10.6. The Morgan fingerprint density at radius 1 is 1.29 bits per heavy atom. The molecule has 28 heavy (non-hydrogen) atoms. The van der Waals surface area contributed by atoms with E-state index in [2.05, 4.69) is 20.8 Å². The molecule has 2 aromatic rings. The lowest BCUT2D eigenvalue weighted by molar-refractivity contribution is 0.000377. The number of alkyl halides is 1. The first-order valence-electron chi connectivity index (χ1n) is 9.47. The minimum atomic E-state index is -0.519. The lowest BCUT2D eigenvalue weighted by Gasteiger charge is -2.47. The van der Waals surface area contributed by atoms with Gasteiger partial charge in [-0.3, -0.25) is 9.47 Å². The van der Waals surface area contributed by atoms with E-state index in [1.807, 2.05) is 52.8 Å². The monoisotopic (exact) mass is 453 g/mol. The van der Waals surface area contributed by atoms with Crippen LogP contribution in [0.2, 0.25) is 0 Å². The number of anilines is 1. The summed E-state index contributed by atoms with van der Waals surface area (Å²) in [5.41, 5.74) is 1.44. The number of nitrogens with zero attached hydrogens (tertiary/aromatic N) is 3. The molecule has 2 heterocycles. The highest BCUT2D eigenvalue weighted by atomic mass is 79.9. The summed E-state index contributed by atoms with van der Waals surface area (Å²) in [6.45, 7) is 12.2. The molecule has 1 aliphatic rings. The number of carbonyl (C=O) groups excluding carboxylic acids is 1. The van der Waals surface area contributed by atoms with Gasteiger partial charge in [0, 0.05) is 43.3 Å². The Bertz CT molecular complexity index is 926. The summed E-state index contributed by atoms with van der Waals surface area (Å²) in [6, 6.07) is 5.83. The highest BCUT2D eigenvalue weighted by Gasteiger charge is 2.39. The van der Waals surface area contributed by atoms with Crippen molar-refractivity contribution < 1.29 is 13.9 Å². The SMILES string of the molecule is CC(C)(C)OC(=O)N1CCN(c2ccc3c(c2)oc(=O)n3CCBr)CC1(C)C. The van der Waals surface area contributed by atoms with Crippen molar-refractivity contribution in [3.05, 3.63) is 28.7 Å². The van der Waals surface area contributed by atoms with Gasteiger partial charge in [0.25, 0.3) is 0 Å². The van der Waals surface area contributed by atoms with Crippen LogP contribution in [-0.2, 0) is 11.3 Å². The average Bonchev–Trinajstić information content (AvgIpc) is 2.87. The van der Waals surface area contributed by atoms with Crippen molar-refractivity contribution in [1.82, 2.24) is 9.47 Å². The first-order chi connectivity index (χ1) is 13.0. The van der Waals surface area contributed by atoms with E-state index in [-0.39, 0.29) is 11.8 Å². The molecule has 0 saturated carbocycles. The summed E-state index contributed by atoms with van der Waals surface area (Å²) in [6.07, 6.45) is -0.287. The number of carbonyl (C=O) groups is 1. The quantitative estimate of drug-likeness (QED) is 0.660. The summed E-state index contributed by atoms with van der Waals surface area (Å²) >= 11 is 3.36. The average molecular weight is 454 g/mol. The second-order valence-electron chi connectivity index (χ2n) is 8.73. The van der Waals surface area contributed by atoms with Crippen molar-refractivity contribution in [3.8, 4) is 0 Å². The summed E-state index contributed by atoms with van der Waals surface area (Å²) < 4.78 is 12.6. The Kier molecular flexibility index (Phi) is 5.53. The third-order valence-corrected chi connectivity index (χ3v) is 5.20. The molecule has 0 aliphatic carbocycles. The molecule has 0 radical (unpaired) electrons. The Morgan fingerprint density at radius 3 is 2.61 bits per heavy atom. The van der Waals surface area contributed by atoms with Gasteiger partial charge in [-0.1, -0.05) is 15.9 Å². The number of halogens is 1. The van der Waals surface area contributed by atoms with E-state index >= 15 is 0 Å². The number of hydrogen-bond donors (Lipinski definition) is 0. The Morgan fingerprint density at radius 2 is 2.00 bits per heavy atom. The number of benzene rings is 1. The number of hydrogen-bond acceptors (Lipinski definition) is 5. The van der Waals surface area contributed by atoms with E-state index in [1.54, 1.807) is 9.47 Å². The van der Waals surface area contributed by atoms with Gasteiger partial charge >= 0.3 is 11.8 Å². The number of oxazole rings is 1. The normalized spacial score (nSPS) is 17.2. The minimum Gasteiger partial charge on any atom is -0.444 e. The van der Waals surface area contributed by atoms with Crippen LogP contribution in [-0.4, -0.2) is 51.7 Å². The maximum absolute atomic E-state index is 12.6. The van der Waals surface area contributed by atoms with Gasteiger partial charge in [0.2, 0.25) is 0 Å². The van der Waals surface area contributed by atoms with Crippen LogP contribution in [0, 0.1) is 0 Å². The first kappa shape index (κ1) is 20.8. The fourth-order valence-electron chi connectivity index (χ4n) is 3.58. The molecular formula is C20H28BrN3O4. The van der Waals surface area contributed by atoms with Crippen LogP contribution < -0.4 is 10.7 Å². The van der Waals surface area contributed by atoms with Crippen molar-refractivity contribution in [3.63, 3.8) is 0 Å². The van der Waals surface area contributed by atoms with Crippen LogP contribution in [0.25, 0.3) is 11.1 Å². The van der Waals surface area contributed by atoms with Crippen molar-refractivity contribution in [1.29, 1.82) is 0 Å². The number of fused-ring (bicyclic) bond motifs is 1. The Hall–Kier alpha value is -1.96. The van der Waals surface area contributed by atoms with E-state index in [0.29, 0.717) is 37.1 Å². The van der Waals surface area contributed by atoms with Crippen LogP contribution in [0.4, 0.5) is 10.5 Å². The summed E-state index contributed by atoms with van der Waals surface area (Å²) in [5, 5.41) is 0.685. The predicted molar refractivity (Wildman–Crippen MR) is 114 cm³/mol. The molecule has 1 aromatic heterocycles. The molecule has 0 unspecified atom stereocenters. The molecule has 1 fully saturated rings. The molecule has 0 spiro atoms. The highest BCUT2D eigenvalue weighted by Crippen LogP contribution is 2.29. The van der Waals surface area contributed by atoms with Gasteiger partial charge < -0.3 is 14.1 Å². The van der Waals surface area contributed by atoms with Crippen LogP contribution >= 0.6 is 15.9 Å². The van der Waals surface area contributed by atoms with Crippen LogP contribution in [0.1, 0.15) is 34.6 Å². The van der Waals surface area contributed by atoms with Gasteiger partial charge in [0.1, 0.15) is 5.60 Å². The molecule has 0 N–H and O–H groups in total. The molecule has 154 valence electrons. The van der Waals surface area contributed by atoms with Gasteiger partial charge in [-0.25, -0.2) is 9.59 Å². The minimum absolute atomic E-state index is 0.287. The summed E-state index contributed by atoms with van der Waals surface area (Å²) in [5.74, 6) is -0.346. The van der Waals surface area contributed by atoms with Crippen molar-refractivity contribution in [2.45, 2.75) is 52.3 Å². The smallest absolute Gasteiger partial charge is 0.419 e. The number of piperazine rings is 1. The highest BCUT2D eigenvalue weighted by molar-refractivity contribution is 9.09. The van der Waals surface area contributed by atoms with Crippen LogP contribution in [0.3, 0.4) is 0 Å². The van der Waals surface area contributed by atoms with Gasteiger partial charge in [0.15, 0.2) is 5.58 Å². The zero-order valence-corrected chi connectivity index (χ0v) is 18.7. The molecule has 7 nitrogen and oxygen atoms in total. The molecule has 1 saturated heterocycles. The lowest BCUT2D eigenvalue weighted by atomic mass is 9.98.